The van der Waals surface area contributed by atoms with E-state index in [2.05, 4.69) is 4.74 Å². The molecule has 2 rings (SSSR count). The van der Waals surface area contributed by atoms with Gasteiger partial charge in [-0.15, -0.1) is 11.3 Å². The van der Waals surface area contributed by atoms with Crippen molar-refractivity contribution in [2.24, 2.45) is 0 Å². The summed E-state index contributed by atoms with van der Waals surface area (Å²) in [6.07, 6.45) is -3.32. The molecule has 1 aromatic rings. The zero-order valence-corrected chi connectivity index (χ0v) is 14.0. The van der Waals surface area contributed by atoms with Gasteiger partial charge in [-0.3, -0.25) is 0 Å². The number of sulfonamides is 1. The highest BCUT2D eigenvalue weighted by Crippen LogP contribution is 2.40. The van der Waals surface area contributed by atoms with E-state index in [1.807, 2.05) is 5.32 Å². The molecule has 132 valence electrons. The molecule has 1 aliphatic heterocycles. The monoisotopic (exact) mass is 396 g/mol. The molecule has 0 aliphatic carbocycles. The maximum absolute atomic E-state index is 13.4. The Morgan fingerprint density at radius 3 is 3.04 bits per heavy atom. The van der Waals surface area contributed by atoms with E-state index in [1.54, 1.807) is 0 Å². The molecule has 0 aromatic carbocycles. The van der Waals surface area contributed by atoms with Crippen molar-refractivity contribution >= 4 is 31.2 Å². The maximum atomic E-state index is 13.4. The summed E-state index contributed by atoms with van der Waals surface area (Å²) in [5.41, 5.74) is -0.437. The Hall–Kier alpha value is -0.520. The van der Waals surface area contributed by atoms with Gasteiger partial charge in [-0.25, -0.2) is 16.8 Å². The van der Waals surface area contributed by atoms with Gasteiger partial charge < -0.3 is 10.1 Å². The fourth-order valence-electron chi connectivity index (χ4n) is 1.88. The van der Waals surface area contributed by atoms with Crippen LogP contribution >= 0.6 is 11.3 Å². The number of nitrogens with zero attached hydrogens (tertiary/aromatic N) is 1. The van der Waals surface area contributed by atoms with Crippen LogP contribution in [0.1, 0.15) is 44.0 Å². The van der Waals surface area contributed by atoms with Crippen molar-refractivity contribution < 1.29 is 40.8 Å². The molecule has 0 saturated heterocycles. The van der Waals surface area contributed by atoms with E-state index in [9.17, 15) is 16.8 Å². The van der Waals surface area contributed by atoms with Gasteiger partial charge in [0.2, 0.25) is 0 Å². The number of hydrogen-bond donors (Lipinski definition) is 1. The number of thiophene rings is 1. The lowest BCUT2D eigenvalue weighted by atomic mass is 10.1. The summed E-state index contributed by atoms with van der Waals surface area (Å²) in [6.45, 7) is -15.7. The summed E-state index contributed by atoms with van der Waals surface area (Å²) in [6, 6.07) is -0.931. The third-order valence-electron chi connectivity index (χ3n) is 2.85. The van der Waals surface area contributed by atoms with E-state index in [-0.39, 0.29) is 15.6 Å². The molecule has 0 spiro atoms. The number of rotatable bonds is 7. The predicted octanol–water partition coefficient (Wildman–Crippen LogP) is 0.843. The lowest BCUT2D eigenvalue weighted by Crippen LogP contribution is -2.43. The molecule has 10 heteroatoms. The molecule has 7 nitrogen and oxygen atoms in total. The van der Waals surface area contributed by atoms with Gasteiger partial charge in [0.1, 0.15) is 8.42 Å². The highest BCUT2D eigenvalue weighted by Gasteiger charge is 2.39. The topological polar surface area (TPSA) is 92.8 Å². The zero-order valence-electron chi connectivity index (χ0n) is 25.6. The third kappa shape index (κ3) is 3.94. The van der Waals surface area contributed by atoms with E-state index in [1.165, 1.54) is 0 Å². The molecule has 23 heavy (non-hydrogen) atoms. The van der Waals surface area contributed by atoms with Crippen molar-refractivity contribution in [3.05, 3.63) is 11.6 Å². The van der Waals surface area contributed by atoms with Gasteiger partial charge >= 0.3 is 0 Å². The Bertz CT molecular complexity index is 1250. The van der Waals surface area contributed by atoms with Crippen molar-refractivity contribution in [2.75, 3.05) is 39.4 Å². The minimum Gasteiger partial charge on any atom is -0.385 e. The molecule has 0 amide bonds. The zero-order chi connectivity index (χ0) is 29.4. The molecule has 1 aromatic heterocycles. The first-order valence-corrected chi connectivity index (χ1v) is 9.98. The van der Waals surface area contributed by atoms with Crippen molar-refractivity contribution in [1.29, 1.82) is 0 Å². The van der Waals surface area contributed by atoms with Gasteiger partial charge in [-0.05, 0) is 18.9 Å². The number of sulfone groups is 1. The van der Waals surface area contributed by atoms with Crippen LogP contribution in [0.5, 0.6) is 0 Å². The van der Waals surface area contributed by atoms with Gasteiger partial charge in [0.15, 0.2) is 9.84 Å². The highest BCUT2D eigenvalue weighted by molar-refractivity contribution is 7.94. The quantitative estimate of drug-likeness (QED) is 0.734. The smallest absolute Gasteiger partial charge is 0.252 e. The average Bonchev–Trinajstić information content (AvgIpc) is 3.07. The first kappa shape index (κ1) is 7.38. The SMILES string of the molecule is [2H]C([2H])([2H])OC([2H])([2H])C([2H])([2H])C([2H])([2H])N1C[C@H](NC([2H])([2H])C([2H])([2H])[2H])c2cc(S(C)(=O)=O)sc2S1(=O)=O. The molecule has 0 bridgehead atoms. The third-order valence-corrected chi connectivity index (χ3v) is 8.00. The highest BCUT2D eigenvalue weighted by atomic mass is 32.3. The minimum atomic E-state index is -5.18. The molecule has 0 unspecified atom stereocenters. The Morgan fingerprint density at radius 1 is 1.61 bits per heavy atom. The Balaban J connectivity index is 2.77. The lowest BCUT2D eigenvalue weighted by molar-refractivity contribution is 0.185. The average molecular weight is 397 g/mol. The second-order valence-electron chi connectivity index (χ2n) is 4.38. The van der Waals surface area contributed by atoms with E-state index in [0.29, 0.717) is 0 Å². The summed E-state index contributed by atoms with van der Waals surface area (Å²) in [7, 11) is -12.8. The van der Waals surface area contributed by atoms with Crippen LogP contribution in [0.2, 0.25) is 0 Å². The standard InChI is InChI=1S/C13H22N2O5S3/c1-4-14-11-9-15(6-5-7-20-2)23(18,19)13-10(11)8-12(21-13)22(3,16)17/h8,11,14H,4-7,9H2,1-3H3/t11-/m0/s1/i1D3,2D3,4D2,5D2,6D2,7D2. The summed E-state index contributed by atoms with van der Waals surface area (Å²) in [5.74, 6) is 0. The second kappa shape index (κ2) is 7.16. The van der Waals surface area contributed by atoms with Crippen LogP contribution in [-0.4, -0.2) is 60.5 Å². The van der Waals surface area contributed by atoms with Crippen LogP contribution in [0, 0.1) is 0 Å². The van der Waals surface area contributed by atoms with Gasteiger partial charge in [-0.2, -0.15) is 4.31 Å². The predicted molar refractivity (Wildman–Crippen MR) is 89.1 cm³/mol. The van der Waals surface area contributed by atoms with Crippen molar-refractivity contribution in [3.63, 3.8) is 0 Å². The number of methoxy groups -OCH3 is 1. The normalized spacial score (nSPS) is 33.9. The number of nitrogens with one attached hydrogen (secondary N) is 1. The van der Waals surface area contributed by atoms with Gasteiger partial charge in [0, 0.05) is 56.8 Å². The van der Waals surface area contributed by atoms with Gasteiger partial charge in [0.05, 0.1) is 6.85 Å². The Morgan fingerprint density at radius 2 is 2.39 bits per heavy atom. The molecule has 2 heterocycles. The van der Waals surface area contributed by atoms with Crippen LogP contribution in [0.15, 0.2) is 14.5 Å². The Kier molecular flexibility index (Phi) is 2.30. The van der Waals surface area contributed by atoms with E-state index in [4.69, 9.17) is 19.2 Å². The van der Waals surface area contributed by atoms with Crippen LogP contribution in [-0.2, 0) is 24.6 Å². The molecule has 0 fully saturated rings. The van der Waals surface area contributed by atoms with Gasteiger partial charge in [-0.1, -0.05) is 6.85 Å². The molecule has 0 saturated carbocycles. The molecule has 1 N–H and O–H groups in total. The van der Waals surface area contributed by atoms with E-state index >= 15 is 0 Å². The molecule has 1 atom stereocenters. The number of ether oxygens (including phenoxy) is 1. The molecular weight excluding hydrogens is 360 g/mol. The Labute approximate surface area is 161 Å². The summed E-state index contributed by atoms with van der Waals surface area (Å²) >= 11 is 0.110. The van der Waals surface area contributed by atoms with Crippen LogP contribution in [0.25, 0.3) is 0 Å². The summed E-state index contributed by atoms with van der Waals surface area (Å²) in [5, 5.41) is 2.00. The van der Waals surface area contributed by atoms with E-state index < -0.39 is 86.2 Å². The van der Waals surface area contributed by atoms with Crippen molar-refractivity contribution in [1.82, 2.24) is 9.62 Å². The second-order valence-corrected chi connectivity index (χ2v) is 9.73. The summed E-state index contributed by atoms with van der Waals surface area (Å²) in [4.78, 5) is 0. The number of hydrogen-bond acceptors (Lipinski definition) is 7. The molecular formula is C13H22N2O5S3. The first-order chi connectivity index (χ1) is 16.0. The van der Waals surface area contributed by atoms with E-state index in [0.717, 1.165) is 12.3 Å². The molecule has 0 radical (unpaired) electrons. The fourth-order valence-corrected chi connectivity index (χ4v) is 6.10. The van der Waals surface area contributed by atoms with Crippen LogP contribution in [0.3, 0.4) is 0 Å². The lowest BCUT2D eigenvalue weighted by Gasteiger charge is -2.32. The van der Waals surface area contributed by atoms with Gasteiger partial charge in [0.25, 0.3) is 10.0 Å². The van der Waals surface area contributed by atoms with Crippen molar-refractivity contribution in [2.45, 2.75) is 27.7 Å². The van der Waals surface area contributed by atoms with Crippen LogP contribution < -0.4 is 5.32 Å². The van der Waals surface area contributed by atoms with Crippen molar-refractivity contribution in [3.8, 4) is 0 Å². The largest absolute Gasteiger partial charge is 0.385 e. The first-order valence-electron chi connectivity index (χ1n) is 12.8. The fraction of sp³-hybridized carbons (Fsp3) is 0.692. The summed E-state index contributed by atoms with van der Waals surface area (Å²) < 4.78 is 160. The minimum absolute atomic E-state index is 0.110. The maximum Gasteiger partial charge on any atom is 0.252 e. The molecule has 1 aliphatic rings. The van der Waals surface area contributed by atoms with Crippen LogP contribution in [0.4, 0.5) is 0 Å². The number of fused-ring (bicyclic) bond motifs is 1. The number of likely N-dealkylation sites (N-methyl/N-ethyl adjacent to an activating group) is 1.